The molecule has 0 aromatic heterocycles. The van der Waals surface area contributed by atoms with Gasteiger partial charge in [-0.15, -0.1) is 0 Å². The Labute approximate surface area is 160 Å². The lowest BCUT2D eigenvalue weighted by molar-refractivity contribution is -0.384. The molecule has 8 heteroatoms. The Morgan fingerprint density at radius 2 is 1.85 bits per heavy atom. The molecule has 0 heterocycles. The van der Waals surface area contributed by atoms with E-state index in [0.29, 0.717) is 25.6 Å². The fourth-order valence-electron chi connectivity index (χ4n) is 3.48. The summed E-state index contributed by atoms with van der Waals surface area (Å²) in [4.78, 5) is 29.2. The second kappa shape index (κ2) is 9.34. The standard InChI is InChI=1S/C19H29N5O3/c1-4-20-18(21-13-15-7-9-16(10-8-15)24(26)27)22-14-19(11-5-6-12-19)17(25)23(2)3/h7-10H,4-6,11-14H2,1-3H3,(H2,20,21,22). The highest BCUT2D eigenvalue weighted by Crippen LogP contribution is 2.38. The Morgan fingerprint density at radius 3 is 2.37 bits per heavy atom. The van der Waals surface area contributed by atoms with Gasteiger partial charge >= 0.3 is 0 Å². The largest absolute Gasteiger partial charge is 0.357 e. The van der Waals surface area contributed by atoms with Crippen LogP contribution in [0.3, 0.4) is 0 Å². The lowest BCUT2D eigenvalue weighted by Crippen LogP contribution is -2.49. The van der Waals surface area contributed by atoms with Crippen molar-refractivity contribution in [2.24, 2.45) is 10.4 Å². The van der Waals surface area contributed by atoms with Crippen molar-refractivity contribution in [1.82, 2.24) is 15.5 Å². The van der Waals surface area contributed by atoms with Crippen molar-refractivity contribution >= 4 is 17.6 Å². The van der Waals surface area contributed by atoms with Crippen molar-refractivity contribution in [3.05, 3.63) is 39.9 Å². The first-order valence-electron chi connectivity index (χ1n) is 9.35. The molecule has 2 rings (SSSR count). The van der Waals surface area contributed by atoms with Crippen LogP contribution >= 0.6 is 0 Å². The molecule has 1 aromatic rings. The molecule has 0 atom stereocenters. The summed E-state index contributed by atoms with van der Waals surface area (Å²) in [5.74, 6) is 0.812. The molecule has 1 aromatic carbocycles. The number of hydrogen-bond acceptors (Lipinski definition) is 4. The number of non-ortho nitro benzene ring substituents is 1. The molecule has 0 bridgehead atoms. The van der Waals surface area contributed by atoms with Gasteiger partial charge < -0.3 is 15.5 Å². The SMILES string of the molecule is CCNC(=NCc1ccc([N+](=O)[O-])cc1)NCC1(C(=O)N(C)C)CCCC1. The topological polar surface area (TPSA) is 99.9 Å². The molecule has 1 saturated carbocycles. The van der Waals surface area contributed by atoms with Gasteiger partial charge in [0.15, 0.2) is 5.96 Å². The lowest BCUT2D eigenvalue weighted by atomic mass is 9.84. The molecule has 0 saturated heterocycles. The molecule has 8 nitrogen and oxygen atoms in total. The number of nitrogens with zero attached hydrogens (tertiary/aromatic N) is 3. The summed E-state index contributed by atoms with van der Waals surface area (Å²) in [7, 11) is 3.60. The molecular formula is C19H29N5O3. The Bertz CT molecular complexity index is 679. The first kappa shape index (κ1) is 20.7. The fraction of sp³-hybridized carbons (Fsp3) is 0.579. The average molecular weight is 375 g/mol. The molecule has 1 aliphatic carbocycles. The van der Waals surface area contributed by atoms with Crippen LogP contribution in [0.4, 0.5) is 5.69 Å². The second-order valence-electron chi connectivity index (χ2n) is 7.16. The molecule has 0 aliphatic heterocycles. The van der Waals surface area contributed by atoms with Crippen LogP contribution in [0.15, 0.2) is 29.3 Å². The maximum Gasteiger partial charge on any atom is 0.269 e. The number of guanidine groups is 1. The van der Waals surface area contributed by atoms with Gasteiger partial charge in [-0.3, -0.25) is 14.9 Å². The zero-order chi connectivity index (χ0) is 19.9. The number of nitro benzene ring substituents is 1. The molecular weight excluding hydrogens is 346 g/mol. The van der Waals surface area contributed by atoms with Crippen LogP contribution in [0.2, 0.25) is 0 Å². The highest BCUT2D eigenvalue weighted by Gasteiger charge is 2.42. The number of aliphatic imine (C=N–C) groups is 1. The Morgan fingerprint density at radius 1 is 1.22 bits per heavy atom. The van der Waals surface area contributed by atoms with Crippen LogP contribution in [0.5, 0.6) is 0 Å². The van der Waals surface area contributed by atoms with Gasteiger partial charge in [0.1, 0.15) is 0 Å². The number of hydrogen-bond donors (Lipinski definition) is 2. The van der Waals surface area contributed by atoms with E-state index in [1.54, 1.807) is 31.1 Å². The quantitative estimate of drug-likeness (QED) is 0.330. The van der Waals surface area contributed by atoms with E-state index in [9.17, 15) is 14.9 Å². The van der Waals surface area contributed by atoms with Crippen LogP contribution in [0.1, 0.15) is 38.2 Å². The highest BCUT2D eigenvalue weighted by atomic mass is 16.6. The van der Waals surface area contributed by atoms with Gasteiger partial charge in [-0.1, -0.05) is 25.0 Å². The number of carbonyl (C=O) groups excluding carboxylic acids is 1. The van der Waals surface area contributed by atoms with Crippen molar-refractivity contribution in [1.29, 1.82) is 0 Å². The number of nitro groups is 1. The van der Waals surface area contributed by atoms with Gasteiger partial charge in [-0.05, 0) is 25.3 Å². The predicted octanol–water partition coefficient (Wildman–Crippen LogP) is 2.30. The van der Waals surface area contributed by atoms with E-state index in [4.69, 9.17) is 0 Å². The van der Waals surface area contributed by atoms with E-state index in [2.05, 4.69) is 15.6 Å². The normalized spacial score (nSPS) is 16.0. The molecule has 0 radical (unpaired) electrons. The van der Waals surface area contributed by atoms with E-state index in [-0.39, 0.29) is 17.0 Å². The Hall–Kier alpha value is -2.64. The van der Waals surface area contributed by atoms with Crippen LogP contribution in [-0.4, -0.2) is 48.9 Å². The van der Waals surface area contributed by atoms with Gasteiger partial charge in [0, 0.05) is 39.3 Å². The molecule has 1 amide bonds. The number of amides is 1. The minimum atomic E-state index is -0.415. The third kappa shape index (κ3) is 5.42. The van der Waals surface area contributed by atoms with Crippen molar-refractivity contribution in [3.8, 4) is 0 Å². The van der Waals surface area contributed by atoms with Gasteiger partial charge in [-0.25, -0.2) is 4.99 Å². The maximum atomic E-state index is 12.7. The molecule has 27 heavy (non-hydrogen) atoms. The summed E-state index contributed by atoms with van der Waals surface area (Å²) in [6, 6.07) is 6.38. The third-order valence-corrected chi connectivity index (χ3v) is 4.93. The average Bonchev–Trinajstić information content (AvgIpc) is 3.13. The van der Waals surface area contributed by atoms with Crippen molar-refractivity contribution in [2.75, 3.05) is 27.2 Å². The molecule has 0 unspecified atom stereocenters. The molecule has 1 aliphatic rings. The predicted molar refractivity (Wildman–Crippen MR) is 106 cm³/mol. The van der Waals surface area contributed by atoms with Crippen molar-refractivity contribution in [3.63, 3.8) is 0 Å². The summed E-state index contributed by atoms with van der Waals surface area (Å²) in [6.45, 7) is 3.65. The van der Waals surface area contributed by atoms with Gasteiger partial charge in [0.05, 0.1) is 16.9 Å². The molecule has 1 fully saturated rings. The number of benzene rings is 1. The number of rotatable bonds is 7. The van der Waals surface area contributed by atoms with Gasteiger partial charge in [-0.2, -0.15) is 0 Å². The number of carbonyl (C=O) groups is 1. The van der Waals surface area contributed by atoms with Crippen molar-refractivity contribution in [2.45, 2.75) is 39.2 Å². The second-order valence-corrected chi connectivity index (χ2v) is 7.16. The summed E-state index contributed by atoms with van der Waals surface area (Å²) in [5, 5.41) is 17.3. The fourth-order valence-corrected chi connectivity index (χ4v) is 3.48. The van der Waals surface area contributed by atoms with Crippen molar-refractivity contribution < 1.29 is 9.72 Å². The van der Waals surface area contributed by atoms with Gasteiger partial charge in [0.2, 0.25) is 5.91 Å². The zero-order valence-electron chi connectivity index (χ0n) is 16.3. The molecule has 148 valence electrons. The smallest absolute Gasteiger partial charge is 0.269 e. The zero-order valence-corrected chi connectivity index (χ0v) is 16.3. The van der Waals surface area contributed by atoms with Gasteiger partial charge in [0.25, 0.3) is 5.69 Å². The summed E-state index contributed by atoms with van der Waals surface area (Å²) >= 11 is 0. The Kier molecular flexibility index (Phi) is 7.15. The first-order chi connectivity index (χ1) is 12.9. The van der Waals surface area contributed by atoms with E-state index >= 15 is 0 Å². The maximum absolute atomic E-state index is 12.7. The minimum Gasteiger partial charge on any atom is -0.357 e. The van der Waals surface area contributed by atoms with Crippen LogP contribution in [-0.2, 0) is 11.3 Å². The van der Waals surface area contributed by atoms with E-state index in [1.165, 1.54) is 12.1 Å². The molecule has 0 spiro atoms. The van der Waals surface area contributed by atoms with Crippen LogP contribution < -0.4 is 10.6 Å². The number of nitrogens with one attached hydrogen (secondary N) is 2. The van der Waals surface area contributed by atoms with Crippen LogP contribution in [0, 0.1) is 15.5 Å². The molecule has 2 N–H and O–H groups in total. The minimum absolute atomic E-state index is 0.0677. The van der Waals surface area contributed by atoms with E-state index in [0.717, 1.165) is 31.2 Å². The monoisotopic (exact) mass is 375 g/mol. The van der Waals surface area contributed by atoms with E-state index < -0.39 is 4.92 Å². The van der Waals surface area contributed by atoms with Crippen LogP contribution in [0.25, 0.3) is 0 Å². The van der Waals surface area contributed by atoms with E-state index in [1.807, 2.05) is 6.92 Å². The highest BCUT2D eigenvalue weighted by molar-refractivity contribution is 5.85. The first-order valence-corrected chi connectivity index (χ1v) is 9.35. The lowest BCUT2D eigenvalue weighted by Gasteiger charge is -2.31. The summed E-state index contributed by atoms with van der Waals surface area (Å²) in [5.41, 5.74) is 0.587. The summed E-state index contributed by atoms with van der Waals surface area (Å²) in [6.07, 6.45) is 3.91. The Balaban J connectivity index is 2.04. The third-order valence-electron chi connectivity index (χ3n) is 4.93. The summed E-state index contributed by atoms with van der Waals surface area (Å²) < 4.78 is 0.